The number of fused-ring (bicyclic) bond motifs is 1. The summed E-state index contributed by atoms with van der Waals surface area (Å²) in [5, 5.41) is 9.02. The van der Waals surface area contributed by atoms with E-state index < -0.39 is 11.7 Å². The highest BCUT2D eigenvalue weighted by Crippen LogP contribution is 2.20. The van der Waals surface area contributed by atoms with Crippen molar-refractivity contribution in [1.82, 2.24) is 5.32 Å². The maximum atomic E-state index is 13.2. The van der Waals surface area contributed by atoms with Crippen LogP contribution in [0.3, 0.4) is 0 Å². The molecule has 0 spiro atoms. The van der Waals surface area contributed by atoms with Gasteiger partial charge < -0.3 is 15.1 Å². The van der Waals surface area contributed by atoms with E-state index in [2.05, 4.69) is 16.0 Å². The van der Waals surface area contributed by atoms with E-state index in [4.69, 9.17) is 16.6 Å². The third kappa shape index (κ3) is 4.93. The second kappa shape index (κ2) is 8.76. The van der Waals surface area contributed by atoms with Crippen molar-refractivity contribution in [2.24, 2.45) is 0 Å². The minimum absolute atomic E-state index is 0.0633. The Morgan fingerprint density at radius 3 is 2.23 bits per heavy atom. The van der Waals surface area contributed by atoms with Crippen LogP contribution in [-0.4, -0.2) is 16.9 Å². The quantitative estimate of drug-likeness (QED) is 0.397. The average Bonchev–Trinajstić information content (AvgIpc) is 3.19. The summed E-state index contributed by atoms with van der Waals surface area (Å²) < 4.78 is 18.8. The summed E-state index contributed by atoms with van der Waals surface area (Å²) in [6.07, 6.45) is 0. The zero-order valence-electron chi connectivity index (χ0n) is 16.0. The van der Waals surface area contributed by atoms with Gasteiger partial charge in [0.1, 0.15) is 11.4 Å². The van der Waals surface area contributed by atoms with Crippen LogP contribution in [0.25, 0.3) is 11.0 Å². The van der Waals surface area contributed by atoms with Crippen molar-refractivity contribution < 1.29 is 18.4 Å². The van der Waals surface area contributed by atoms with Crippen molar-refractivity contribution in [2.45, 2.75) is 0 Å². The smallest absolute Gasteiger partial charge is 0.291 e. The molecule has 0 bridgehead atoms. The van der Waals surface area contributed by atoms with Crippen LogP contribution in [0.1, 0.15) is 20.9 Å². The first kappa shape index (κ1) is 20.2. The van der Waals surface area contributed by atoms with E-state index >= 15 is 0 Å². The fourth-order valence-electron chi connectivity index (χ4n) is 2.89. The molecule has 3 N–H and O–H groups in total. The number of carbonyl (C=O) groups is 2. The monoisotopic (exact) mass is 433 g/mol. The fourth-order valence-corrected chi connectivity index (χ4v) is 3.10. The van der Waals surface area contributed by atoms with Crippen LogP contribution < -0.4 is 16.0 Å². The fraction of sp³-hybridized carbons (Fsp3) is 0. The highest BCUT2D eigenvalue weighted by Gasteiger charge is 2.13. The molecule has 6 nitrogen and oxygen atoms in total. The van der Waals surface area contributed by atoms with Crippen molar-refractivity contribution in [2.75, 3.05) is 10.6 Å². The lowest BCUT2D eigenvalue weighted by molar-refractivity contribution is 0.0974. The maximum absolute atomic E-state index is 13.2. The average molecular weight is 433 g/mol. The lowest BCUT2D eigenvalue weighted by Crippen LogP contribution is -2.34. The van der Waals surface area contributed by atoms with Crippen LogP contribution in [0.5, 0.6) is 0 Å². The van der Waals surface area contributed by atoms with Crippen LogP contribution in [-0.2, 0) is 0 Å². The molecule has 31 heavy (non-hydrogen) atoms. The summed E-state index contributed by atoms with van der Waals surface area (Å²) in [5.41, 5.74) is 1.96. The van der Waals surface area contributed by atoms with Gasteiger partial charge in [-0.2, -0.15) is 0 Å². The van der Waals surface area contributed by atoms with Crippen LogP contribution >= 0.6 is 12.2 Å². The zero-order valence-corrected chi connectivity index (χ0v) is 16.8. The van der Waals surface area contributed by atoms with Crippen LogP contribution in [0, 0.1) is 5.82 Å². The lowest BCUT2D eigenvalue weighted by atomic mass is 10.2. The number of hydrogen-bond donors (Lipinski definition) is 3. The van der Waals surface area contributed by atoms with E-state index in [-0.39, 0.29) is 22.3 Å². The maximum Gasteiger partial charge on any atom is 0.291 e. The second-order valence-corrected chi connectivity index (χ2v) is 7.01. The van der Waals surface area contributed by atoms with Gasteiger partial charge in [-0.3, -0.25) is 14.9 Å². The molecule has 0 aliphatic rings. The van der Waals surface area contributed by atoms with E-state index in [0.29, 0.717) is 17.0 Å². The summed E-state index contributed by atoms with van der Waals surface area (Å²) in [6, 6.07) is 21.1. The molecule has 2 amide bonds. The van der Waals surface area contributed by atoms with Crippen LogP contribution in [0.15, 0.2) is 83.3 Å². The number of hydrogen-bond acceptors (Lipinski definition) is 4. The Kier molecular flexibility index (Phi) is 5.72. The van der Waals surface area contributed by atoms with Gasteiger partial charge in [0.15, 0.2) is 10.9 Å². The van der Waals surface area contributed by atoms with Gasteiger partial charge in [0.2, 0.25) is 0 Å². The van der Waals surface area contributed by atoms with Gasteiger partial charge >= 0.3 is 0 Å². The molecule has 0 saturated heterocycles. The predicted octanol–water partition coefficient (Wildman–Crippen LogP) is 4.95. The molecule has 1 aromatic heterocycles. The molecule has 0 radical (unpaired) electrons. The third-order valence-electron chi connectivity index (χ3n) is 4.36. The van der Waals surface area contributed by atoms with Gasteiger partial charge in [-0.25, -0.2) is 4.39 Å². The van der Waals surface area contributed by atoms with Gasteiger partial charge in [0.25, 0.3) is 11.8 Å². The standard InChI is InChI=1S/C23H16FN3O3S/c24-16-6-3-5-15(12-16)21(28)27-23(31)26-18-10-8-17(9-11-18)25-22(29)20-13-14-4-1-2-7-19(14)30-20/h1-13H,(H,25,29)(H2,26,27,28,31). The SMILES string of the molecule is O=C(NC(=S)Nc1ccc(NC(=O)c2cc3ccccc3o2)cc1)c1cccc(F)c1. The number of anilines is 2. The molecule has 0 saturated carbocycles. The van der Waals surface area contributed by atoms with Gasteiger partial charge in [0.05, 0.1) is 0 Å². The van der Waals surface area contributed by atoms with Crippen molar-refractivity contribution in [3.8, 4) is 0 Å². The van der Waals surface area contributed by atoms with Gasteiger partial charge in [0, 0.05) is 22.3 Å². The number of nitrogens with one attached hydrogen (secondary N) is 3. The first-order chi connectivity index (χ1) is 15.0. The molecule has 3 aromatic carbocycles. The summed E-state index contributed by atoms with van der Waals surface area (Å²) in [4.78, 5) is 24.5. The number of para-hydroxylation sites is 1. The molecule has 4 rings (SSSR count). The highest BCUT2D eigenvalue weighted by atomic mass is 32.1. The number of halogens is 1. The Morgan fingerprint density at radius 2 is 1.52 bits per heavy atom. The summed E-state index contributed by atoms with van der Waals surface area (Å²) >= 11 is 5.12. The Bertz CT molecular complexity index is 1250. The second-order valence-electron chi connectivity index (χ2n) is 6.60. The molecule has 4 aromatic rings. The van der Waals surface area contributed by atoms with Gasteiger partial charge in [-0.15, -0.1) is 0 Å². The number of carbonyl (C=O) groups excluding carboxylic acids is 2. The molecule has 1 heterocycles. The Labute approximate surface area is 182 Å². The number of benzene rings is 3. The van der Waals surface area contributed by atoms with Gasteiger partial charge in [-0.1, -0.05) is 24.3 Å². The Hall–Kier alpha value is -4.04. The topological polar surface area (TPSA) is 83.4 Å². The molecule has 0 fully saturated rings. The molecule has 0 aliphatic carbocycles. The zero-order chi connectivity index (χ0) is 21.8. The Balaban J connectivity index is 1.34. The molecule has 154 valence electrons. The molecule has 0 atom stereocenters. The van der Waals surface area contributed by atoms with E-state index in [1.165, 1.54) is 18.2 Å². The highest BCUT2D eigenvalue weighted by molar-refractivity contribution is 7.80. The first-order valence-corrected chi connectivity index (χ1v) is 9.67. The summed E-state index contributed by atoms with van der Waals surface area (Å²) in [7, 11) is 0. The predicted molar refractivity (Wildman–Crippen MR) is 121 cm³/mol. The Morgan fingerprint density at radius 1 is 0.806 bits per heavy atom. The number of rotatable bonds is 4. The normalized spacial score (nSPS) is 10.5. The van der Waals surface area contributed by atoms with Crippen LogP contribution in [0.4, 0.5) is 15.8 Å². The van der Waals surface area contributed by atoms with Crippen LogP contribution in [0.2, 0.25) is 0 Å². The molecular formula is C23H16FN3O3S. The molecular weight excluding hydrogens is 417 g/mol. The largest absolute Gasteiger partial charge is 0.451 e. The lowest BCUT2D eigenvalue weighted by Gasteiger charge is -2.10. The van der Waals surface area contributed by atoms with E-state index in [9.17, 15) is 14.0 Å². The van der Waals surface area contributed by atoms with E-state index in [1.807, 2.05) is 18.2 Å². The molecule has 0 aliphatic heterocycles. The van der Waals surface area contributed by atoms with E-state index in [1.54, 1.807) is 36.4 Å². The van der Waals surface area contributed by atoms with Crippen molar-refractivity contribution >= 4 is 51.5 Å². The first-order valence-electron chi connectivity index (χ1n) is 9.26. The van der Waals surface area contributed by atoms with Gasteiger partial charge in [-0.05, 0) is 66.8 Å². The van der Waals surface area contributed by atoms with E-state index in [0.717, 1.165) is 11.5 Å². The third-order valence-corrected chi connectivity index (χ3v) is 4.57. The van der Waals surface area contributed by atoms with Crippen molar-refractivity contribution in [1.29, 1.82) is 0 Å². The summed E-state index contributed by atoms with van der Waals surface area (Å²) in [5.74, 6) is -1.18. The number of amides is 2. The number of furan rings is 1. The summed E-state index contributed by atoms with van der Waals surface area (Å²) in [6.45, 7) is 0. The number of thiocarbonyl (C=S) groups is 1. The molecule has 8 heteroatoms. The molecule has 0 unspecified atom stereocenters. The van der Waals surface area contributed by atoms with Crippen molar-refractivity contribution in [3.05, 3.63) is 96.0 Å². The van der Waals surface area contributed by atoms with Crippen molar-refractivity contribution in [3.63, 3.8) is 0 Å². The minimum Gasteiger partial charge on any atom is -0.451 e. The minimum atomic E-state index is -0.522.